The zero-order valence-corrected chi connectivity index (χ0v) is 11.6. The van der Waals surface area contributed by atoms with E-state index in [-0.39, 0.29) is 0 Å². The van der Waals surface area contributed by atoms with Gasteiger partial charge in [0.05, 0.1) is 0 Å². The molecule has 1 saturated heterocycles. The summed E-state index contributed by atoms with van der Waals surface area (Å²) in [5, 5.41) is 3.51. The lowest BCUT2D eigenvalue weighted by Crippen LogP contribution is -2.51. The largest absolute Gasteiger partial charge is 0.314 e. The SMILES string of the molecule is CCC1CNCCN1CC1C(C)(C)C1(C)C. The smallest absolute Gasteiger partial charge is 0.0218 e. The first-order chi connectivity index (χ1) is 7.41. The first-order valence-corrected chi connectivity index (χ1v) is 6.86. The summed E-state index contributed by atoms with van der Waals surface area (Å²) in [5.74, 6) is 0.882. The molecule has 1 N–H and O–H groups in total. The van der Waals surface area contributed by atoms with Gasteiger partial charge < -0.3 is 5.32 Å². The van der Waals surface area contributed by atoms with E-state index in [0.717, 1.165) is 12.0 Å². The van der Waals surface area contributed by atoms with Gasteiger partial charge in [-0.05, 0) is 23.2 Å². The standard InChI is InChI=1S/C14H28N2/c1-6-11-9-15-7-8-16(11)10-12-13(2,3)14(12,4)5/h11-12,15H,6-10H2,1-5H3. The van der Waals surface area contributed by atoms with Gasteiger partial charge in [-0.1, -0.05) is 34.6 Å². The van der Waals surface area contributed by atoms with Crippen LogP contribution in [0.2, 0.25) is 0 Å². The molecular formula is C14H28N2. The number of piperazine rings is 1. The van der Waals surface area contributed by atoms with Crippen LogP contribution in [0.5, 0.6) is 0 Å². The van der Waals surface area contributed by atoms with Crippen molar-refractivity contribution in [2.24, 2.45) is 16.7 Å². The first-order valence-electron chi connectivity index (χ1n) is 6.86. The maximum Gasteiger partial charge on any atom is 0.0218 e. The van der Waals surface area contributed by atoms with Crippen LogP contribution in [0.25, 0.3) is 0 Å². The van der Waals surface area contributed by atoms with Crippen LogP contribution in [-0.2, 0) is 0 Å². The molecule has 0 aromatic rings. The van der Waals surface area contributed by atoms with Crippen LogP contribution in [0.3, 0.4) is 0 Å². The van der Waals surface area contributed by atoms with Crippen molar-refractivity contribution in [3.05, 3.63) is 0 Å². The number of hydrogen-bond donors (Lipinski definition) is 1. The van der Waals surface area contributed by atoms with E-state index >= 15 is 0 Å². The predicted molar refractivity (Wildman–Crippen MR) is 69.6 cm³/mol. The summed E-state index contributed by atoms with van der Waals surface area (Å²) in [6, 6.07) is 0.765. The highest BCUT2D eigenvalue weighted by Gasteiger charge is 2.64. The fourth-order valence-electron chi connectivity index (χ4n) is 3.47. The average Bonchev–Trinajstić information content (AvgIpc) is 2.62. The molecule has 94 valence electrons. The van der Waals surface area contributed by atoms with E-state index in [0.29, 0.717) is 10.8 Å². The Kier molecular flexibility index (Phi) is 3.09. The van der Waals surface area contributed by atoms with Gasteiger partial charge in [-0.2, -0.15) is 0 Å². The van der Waals surface area contributed by atoms with Crippen molar-refractivity contribution < 1.29 is 0 Å². The third kappa shape index (κ3) is 1.80. The maximum atomic E-state index is 3.51. The molecule has 0 bridgehead atoms. The normalized spacial score (nSPS) is 33.9. The lowest BCUT2D eigenvalue weighted by Gasteiger charge is -2.36. The summed E-state index contributed by atoms with van der Waals surface area (Å²) in [4.78, 5) is 2.72. The summed E-state index contributed by atoms with van der Waals surface area (Å²) in [7, 11) is 0. The van der Waals surface area contributed by atoms with Crippen molar-refractivity contribution >= 4 is 0 Å². The molecule has 0 radical (unpaired) electrons. The number of rotatable bonds is 3. The molecule has 2 fully saturated rings. The Bertz CT molecular complexity index is 243. The monoisotopic (exact) mass is 224 g/mol. The molecule has 2 rings (SSSR count). The van der Waals surface area contributed by atoms with Crippen LogP contribution in [-0.4, -0.2) is 37.1 Å². The molecule has 2 heteroatoms. The maximum absolute atomic E-state index is 3.51. The van der Waals surface area contributed by atoms with Gasteiger partial charge in [-0.15, -0.1) is 0 Å². The summed E-state index contributed by atoms with van der Waals surface area (Å²) >= 11 is 0. The lowest BCUT2D eigenvalue weighted by molar-refractivity contribution is 0.142. The van der Waals surface area contributed by atoms with Crippen molar-refractivity contribution in [2.75, 3.05) is 26.2 Å². The van der Waals surface area contributed by atoms with Gasteiger partial charge in [0.15, 0.2) is 0 Å². The van der Waals surface area contributed by atoms with Crippen LogP contribution < -0.4 is 5.32 Å². The number of nitrogens with zero attached hydrogens (tertiary/aromatic N) is 1. The van der Waals surface area contributed by atoms with E-state index in [4.69, 9.17) is 0 Å². The van der Waals surface area contributed by atoms with E-state index < -0.39 is 0 Å². The highest BCUT2D eigenvalue weighted by atomic mass is 15.2. The van der Waals surface area contributed by atoms with E-state index in [2.05, 4.69) is 44.8 Å². The highest BCUT2D eigenvalue weighted by molar-refractivity contribution is 5.13. The fraction of sp³-hybridized carbons (Fsp3) is 1.00. The van der Waals surface area contributed by atoms with Crippen LogP contribution in [0.1, 0.15) is 41.0 Å². The van der Waals surface area contributed by atoms with Crippen molar-refractivity contribution in [3.8, 4) is 0 Å². The molecule has 0 amide bonds. The molecule has 2 nitrogen and oxygen atoms in total. The summed E-state index contributed by atoms with van der Waals surface area (Å²) < 4.78 is 0. The minimum atomic E-state index is 0.538. The molecule has 1 aliphatic carbocycles. The minimum absolute atomic E-state index is 0.538. The second kappa shape index (κ2) is 3.99. The second-order valence-electron chi connectivity index (χ2n) is 6.76. The van der Waals surface area contributed by atoms with Gasteiger partial charge in [-0.25, -0.2) is 0 Å². The molecule has 1 saturated carbocycles. The van der Waals surface area contributed by atoms with Gasteiger partial charge in [0, 0.05) is 32.2 Å². The van der Waals surface area contributed by atoms with E-state index in [1.165, 1.54) is 32.6 Å². The molecule has 1 unspecified atom stereocenters. The quantitative estimate of drug-likeness (QED) is 0.791. The molecule has 1 atom stereocenters. The van der Waals surface area contributed by atoms with Crippen LogP contribution in [0.4, 0.5) is 0 Å². The third-order valence-corrected chi connectivity index (χ3v) is 5.68. The second-order valence-corrected chi connectivity index (χ2v) is 6.76. The van der Waals surface area contributed by atoms with Crippen molar-refractivity contribution in [1.29, 1.82) is 0 Å². The van der Waals surface area contributed by atoms with Crippen LogP contribution in [0.15, 0.2) is 0 Å². The lowest BCUT2D eigenvalue weighted by atomic mass is 10.0. The van der Waals surface area contributed by atoms with Crippen LogP contribution in [0, 0.1) is 16.7 Å². The Balaban J connectivity index is 1.95. The molecular weight excluding hydrogens is 196 g/mol. The molecule has 1 heterocycles. The van der Waals surface area contributed by atoms with Gasteiger partial charge in [0.2, 0.25) is 0 Å². The summed E-state index contributed by atoms with van der Waals surface area (Å²) in [5.41, 5.74) is 1.08. The Hall–Kier alpha value is -0.0800. The molecule has 16 heavy (non-hydrogen) atoms. The Morgan fingerprint density at radius 2 is 1.81 bits per heavy atom. The summed E-state index contributed by atoms with van der Waals surface area (Å²) in [6.45, 7) is 16.9. The summed E-state index contributed by atoms with van der Waals surface area (Å²) in [6.07, 6.45) is 1.28. The van der Waals surface area contributed by atoms with Gasteiger partial charge in [0.25, 0.3) is 0 Å². The first kappa shape index (κ1) is 12.4. The van der Waals surface area contributed by atoms with Crippen LogP contribution >= 0.6 is 0 Å². The highest BCUT2D eigenvalue weighted by Crippen LogP contribution is 2.68. The predicted octanol–water partition coefficient (Wildman–Crippen LogP) is 2.35. The van der Waals surface area contributed by atoms with Crippen molar-refractivity contribution in [1.82, 2.24) is 10.2 Å². The van der Waals surface area contributed by atoms with Crippen molar-refractivity contribution in [2.45, 2.75) is 47.1 Å². The molecule has 1 aliphatic heterocycles. The van der Waals surface area contributed by atoms with E-state index in [9.17, 15) is 0 Å². The molecule has 0 spiro atoms. The van der Waals surface area contributed by atoms with Gasteiger partial charge in [0.1, 0.15) is 0 Å². The number of hydrogen-bond acceptors (Lipinski definition) is 2. The molecule has 0 aromatic carbocycles. The minimum Gasteiger partial charge on any atom is -0.314 e. The molecule has 2 aliphatic rings. The van der Waals surface area contributed by atoms with Gasteiger partial charge >= 0.3 is 0 Å². The van der Waals surface area contributed by atoms with E-state index in [1.54, 1.807) is 0 Å². The Morgan fingerprint density at radius 3 is 2.31 bits per heavy atom. The topological polar surface area (TPSA) is 15.3 Å². The fourth-order valence-corrected chi connectivity index (χ4v) is 3.47. The van der Waals surface area contributed by atoms with Crippen molar-refractivity contribution in [3.63, 3.8) is 0 Å². The zero-order chi connectivity index (χ0) is 12.0. The van der Waals surface area contributed by atoms with Gasteiger partial charge in [-0.3, -0.25) is 4.90 Å². The van der Waals surface area contributed by atoms with E-state index in [1.807, 2.05) is 0 Å². The third-order valence-electron chi connectivity index (χ3n) is 5.68. The number of nitrogens with one attached hydrogen (secondary N) is 1. The zero-order valence-electron chi connectivity index (χ0n) is 11.6. The Labute approximate surface area is 101 Å². The average molecular weight is 224 g/mol. The molecule has 0 aromatic heterocycles. The Morgan fingerprint density at radius 1 is 1.19 bits per heavy atom.